The first kappa shape index (κ1) is 27.6. The summed E-state index contributed by atoms with van der Waals surface area (Å²) in [4.78, 5) is 43.4. The molecule has 0 aromatic rings. The van der Waals surface area contributed by atoms with Crippen LogP contribution >= 0.6 is 0 Å². The number of ketones is 2. The van der Waals surface area contributed by atoms with Crippen LogP contribution in [0.1, 0.15) is 99.8 Å². The second-order valence-corrected chi connectivity index (χ2v) is 16.0. The van der Waals surface area contributed by atoms with Crippen molar-refractivity contribution in [2.45, 2.75) is 99.8 Å². The van der Waals surface area contributed by atoms with Crippen molar-refractivity contribution >= 4 is 17.5 Å². The largest absolute Gasteiger partial charge is 0.348 e. The molecule has 0 spiro atoms. The van der Waals surface area contributed by atoms with Gasteiger partial charge in [-0.05, 0) is 84.4 Å². The van der Waals surface area contributed by atoms with Crippen LogP contribution in [-0.4, -0.2) is 36.5 Å². The summed E-state index contributed by atoms with van der Waals surface area (Å²) >= 11 is 0. The monoisotopic (exact) mass is 520 g/mol. The number of nitrogens with zero attached hydrogens (tertiary/aromatic N) is 2. The first-order valence-electron chi connectivity index (χ1n) is 14.8. The normalized spacial score (nSPS) is 46.9. The van der Waals surface area contributed by atoms with Gasteiger partial charge in [0.05, 0.1) is 11.0 Å². The van der Waals surface area contributed by atoms with Crippen LogP contribution in [0.25, 0.3) is 0 Å². The molecule has 0 heterocycles. The van der Waals surface area contributed by atoms with E-state index in [0.717, 1.165) is 44.9 Å². The molecule has 0 aliphatic heterocycles. The lowest BCUT2D eigenvalue weighted by Gasteiger charge is -2.71. The Bertz CT molecular complexity index is 1170. The third kappa shape index (κ3) is 3.24. The van der Waals surface area contributed by atoms with Crippen LogP contribution in [0.15, 0.2) is 11.6 Å². The Morgan fingerprint density at radius 2 is 1.55 bits per heavy atom. The first-order valence-corrected chi connectivity index (χ1v) is 14.8. The second-order valence-electron chi connectivity index (χ2n) is 16.0. The van der Waals surface area contributed by atoms with E-state index in [4.69, 9.17) is 0 Å². The van der Waals surface area contributed by atoms with Crippen LogP contribution in [0.3, 0.4) is 0 Å². The molecule has 0 N–H and O–H groups in total. The summed E-state index contributed by atoms with van der Waals surface area (Å²) in [5.41, 5.74) is -1.41. The van der Waals surface area contributed by atoms with Crippen molar-refractivity contribution < 1.29 is 14.4 Å². The molecule has 0 saturated heterocycles. The number of hydrogen-bond acceptors (Lipinski definition) is 4. The quantitative estimate of drug-likeness (QED) is 0.402. The zero-order chi connectivity index (χ0) is 28.3. The average Bonchev–Trinajstić information content (AvgIpc) is 2.82. The van der Waals surface area contributed by atoms with Gasteiger partial charge in [-0.1, -0.05) is 54.5 Å². The van der Waals surface area contributed by atoms with Gasteiger partial charge >= 0.3 is 0 Å². The number of carbonyl (C=O) groups excluding carboxylic acids is 3. The van der Waals surface area contributed by atoms with Gasteiger partial charge in [0.15, 0.2) is 5.78 Å². The molecule has 5 aliphatic carbocycles. The minimum Gasteiger partial charge on any atom is -0.348 e. The van der Waals surface area contributed by atoms with Gasteiger partial charge < -0.3 is 4.90 Å². The van der Waals surface area contributed by atoms with Gasteiger partial charge in [0.2, 0.25) is 5.91 Å². The van der Waals surface area contributed by atoms with Crippen LogP contribution in [0.5, 0.6) is 0 Å². The van der Waals surface area contributed by atoms with E-state index in [2.05, 4.69) is 40.7 Å². The molecule has 5 rings (SSSR count). The second kappa shape index (κ2) is 8.05. The third-order valence-corrected chi connectivity index (χ3v) is 13.3. The molecule has 0 aromatic heterocycles. The fourth-order valence-electron chi connectivity index (χ4n) is 11.1. The maximum absolute atomic E-state index is 14.5. The predicted octanol–water partition coefficient (Wildman–Crippen LogP) is 6.37. The minimum absolute atomic E-state index is 0.0496. The SMILES string of the molecule is CN(C)C(=O)[C@]12CCC(C)(C)C[C@@H]1C1C(=O)C[C@@H]3[C@@]4(C)C=C(C#N)C(=O)C(C)(C)[C@@H]4CC[C@@]3(C)[C@]1(C)CC2. The van der Waals surface area contributed by atoms with Crippen molar-refractivity contribution in [2.24, 2.45) is 56.2 Å². The van der Waals surface area contributed by atoms with Crippen molar-refractivity contribution in [1.82, 2.24) is 4.90 Å². The Morgan fingerprint density at radius 1 is 0.921 bits per heavy atom. The van der Waals surface area contributed by atoms with Crippen molar-refractivity contribution in [3.05, 3.63) is 11.6 Å². The van der Waals surface area contributed by atoms with E-state index in [1.807, 2.05) is 34.0 Å². The highest BCUT2D eigenvalue weighted by molar-refractivity contribution is 6.04. The van der Waals surface area contributed by atoms with E-state index in [9.17, 15) is 19.6 Å². The molecule has 4 fully saturated rings. The summed E-state index contributed by atoms with van der Waals surface area (Å²) in [5.74, 6) is 0.598. The van der Waals surface area contributed by atoms with E-state index in [1.165, 1.54) is 0 Å². The van der Waals surface area contributed by atoms with Crippen LogP contribution in [0.2, 0.25) is 0 Å². The molecule has 8 atom stereocenters. The van der Waals surface area contributed by atoms with Gasteiger partial charge in [-0.15, -0.1) is 0 Å². The molecule has 5 aliphatic rings. The smallest absolute Gasteiger partial charge is 0.228 e. The highest BCUT2D eigenvalue weighted by Gasteiger charge is 2.73. The molecular weight excluding hydrogens is 472 g/mol. The number of Topliss-reactive ketones (excluding diaryl/α,β-unsaturated/α-hetero) is 2. The van der Waals surface area contributed by atoms with Crippen LogP contribution < -0.4 is 0 Å². The van der Waals surface area contributed by atoms with E-state index < -0.39 is 10.8 Å². The summed E-state index contributed by atoms with van der Waals surface area (Å²) in [6.07, 6.45) is 8.88. The van der Waals surface area contributed by atoms with E-state index in [1.54, 1.807) is 4.90 Å². The maximum Gasteiger partial charge on any atom is 0.228 e. The van der Waals surface area contributed by atoms with Gasteiger partial charge in [0.25, 0.3) is 0 Å². The Labute approximate surface area is 229 Å². The summed E-state index contributed by atoms with van der Waals surface area (Å²) in [5, 5.41) is 9.91. The van der Waals surface area contributed by atoms with Gasteiger partial charge in [-0.3, -0.25) is 14.4 Å². The van der Waals surface area contributed by atoms with E-state index in [0.29, 0.717) is 12.2 Å². The fraction of sp³-hybridized carbons (Fsp3) is 0.818. The molecule has 0 bridgehead atoms. The molecule has 208 valence electrons. The van der Waals surface area contributed by atoms with Crippen LogP contribution in [0.4, 0.5) is 0 Å². The molecule has 0 aromatic carbocycles. The van der Waals surface area contributed by atoms with Crippen LogP contribution in [0, 0.1) is 67.5 Å². The van der Waals surface area contributed by atoms with Crippen molar-refractivity contribution in [3.63, 3.8) is 0 Å². The molecule has 5 nitrogen and oxygen atoms in total. The number of amides is 1. The molecular formula is C33H48N2O3. The van der Waals surface area contributed by atoms with Gasteiger partial charge in [0.1, 0.15) is 11.9 Å². The lowest BCUT2D eigenvalue weighted by Crippen LogP contribution is -2.69. The number of fused-ring (bicyclic) bond motifs is 7. The van der Waals surface area contributed by atoms with Gasteiger partial charge in [-0.2, -0.15) is 5.26 Å². The summed E-state index contributed by atoms with van der Waals surface area (Å²) < 4.78 is 0. The highest BCUT2D eigenvalue weighted by atomic mass is 16.2. The predicted molar refractivity (Wildman–Crippen MR) is 148 cm³/mol. The minimum atomic E-state index is -0.621. The topological polar surface area (TPSA) is 78.2 Å². The average molecular weight is 521 g/mol. The third-order valence-electron chi connectivity index (χ3n) is 13.3. The molecule has 5 heteroatoms. The summed E-state index contributed by atoms with van der Waals surface area (Å²) in [7, 11) is 3.74. The number of nitriles is 1. The Morgan fingerprint density at radius 3 is 2.16 bits per heavy atom. The maximum atomic E-state index is 14.5. The van der Waals surface area contributed by atoms with Gasteiger partial charge in [-0.25, -0.2) is 0 Å². The summed E-state index contributed by atoms with van der Waals surface area (Å²) in [6, 6.07) is 2.21. The van der Waals surface area contributed by atoms with Crippen molar-refractivity contribution in [1.29, 1.82) is 5.26 Å². The lowest BCUT2D eigenvalue weighted by molar-refractivity contribution is -0.223. The Balaban J connectivity index is 1.65. The number of carbonyl (C=O) groups is 3. The molecule has 1 amide bonds. The zero-order valence-corrected chi connectivity index (χ0v) is 25.2. The van der Waals surface area contributed by atoms with Crippen molar-refractivity contribution in [2.75, 3.05) is 14.1 Å². The number of hydrogen-bond donors (Lipinski definition) is 0. The van der Waals surface area contributed by atoms with Crippen molar-refractivity contribution in [3.8, 4) is 6.07 Å². The number of rotatable bonds is 1. The van der Waals surface area contributed by atoms with E-state index >= 15 is 0 Å². The Hall–Kier alpha value is -1.96. The zero-order valence-electron chi connectivity index (χ0n) is 25.2. The van der Waals surface area contributed by atoms with Gasteiger partial charge in [0, 0.05) is 31.8 Å². The number of allylic oxidation sites excluding steroid dienone is 2. The molecule has 38 heavy (non-hydrogen) atoms. The molecule has 4 saturated carbocycles. The fourth-order valence-corrected chi connectivity index (χ4v) is 11.1. The Kier molecular flexibility index (Phi) is 5.84. The molecule has 0 radical (unpaired) electrons. The van der Waals surface area contributed by atoms with Crippen LogP contribution in [-0.2, 0) is 14.4 Å². The van der Waals surface area contributed by atoms with E-state index in [-0.39, 0.29) is 62.6 Å². The first-order chi connectivity index (χ1) is 17.4. The highest BCUT2D eigenvalue weighted by Crippen LogP contribution is 2.75. The lowest BCUT2D eigenvalue weighted by atomic mass is 9.31. The molecule has 1 unspecified atom stereocenters. The standard InChI is InChI=1S/C33H48N2O3/c1-28(2)12-14-33(27(38)35(8)9)15-13-32(7)25(21(33)18-28)22(36)16-24-30(5)17-20(19-34)26(37)29(3,4)23(30)10-11-31(24,32)6/h17,21,23-25H,10-16,18H2,1-9H3/t21-,23+,24-,25?,30+,31-,32-,33+/m1/s1. The summed E-state index contributed by atoms with van der Waals surface area (Å²) in [6.45, 7) is 15.6.